The molecule has 1 aliphatic heterocycles. The fraction of sp³-hybridized carbons (Fsp3) is 0.158. The van der Waals surface area contributed by atoms with Gasteiger partial charge in [0.05, 0.1) is 6.04 Å². The first-order valence-electron chi connectivity index (χ1n) is 7.61. The first kappa shape index (κ1) is 16.3. The maximum absolute atomic E-state index is 13.0. The molecule has 24 heavy (non-hydrogen) atoms. The molecule has 2 amide bonds. The standard InChI is InChI=1S/C19H17ClN2O2/c1-11-4-3-5-14(10-11)17-16(12(2)21-19(24)22-17)18(23)13-6-8-15(20)9-7-13/h3-10,17H,1-2H3,(H2,21,22,24)/t17-/m0/s1. The average molecular weight is 341 g/mol. The number of hydrogen-bond acceptors (Lipinski definition) is 2. The fourth-order valence-electron chi connectivity index (χ4n) is 2.85. The van der Waals surface area contributed by atoms with Crippen molar-refractivity contribution in [2.75, 3.05) is 0 Å². The number of hydrogen-bond donors (Lipinski definition) is 2. The van der Waals surface area contributed by atoms with Crippen molar-refractivity contribution >= 4 is 23.4 Å². The van der Waals surface area contributed by atoms with E-state index < -0.39 is 6.04 Å². The Morgan fingerprint density at radius 2 is 1.79 bits per heavy atom. The van der Waals surface area contributed by atoms with E-state index in [0.29, 0.717) is 21.9 Å². The van der Waals surface area contributed by atoms with Gasteiger partial charge in [-0.3, -0.25) is 4.79 Å². The Hall–Kier alpha value is -2.59. The summed E-state index contributed by atoms with van der Waals surface area (Å²) in [5, 5.41) is 6.11. The molecule has 1 atom stereocenters. The van der Waals surface area contributed by atoms with Gasteiger partial charge in [-0.2, -0.15) is 0 Å². The van der Waals surface area contributed by atoms with Gasteiger partial charge in [0.25, 0.3) is 0 Å². The van der Waals surface area contributed by atoms with E-state index in [9.17, 15) is 9.59 Å². The van der Waals surface area contributed by atoms with Crippen molar-refractivity contribution in [1.82, 2.24) is 10.6 Å². The molecule has 0 saturated heterocycles. The lowest BCUT2D eigenvalue weighted by molar-refractivity contribution is 0.102. The van der Waals surface area contributed by atoms with Gasteiger partial charge in [0.2, 0.25) is 0 Å². The monoisotopic (exact) mass is 340 g/mol. The average Bonchev–Trinajstić information content (AvgIpc) is 2.54. The number of rotatable bonds is 3. The molecule has 4 nitrogen and oxygen atoms in total. The highest BCUT2D eigenvalue weighted by molar-refractivity contribution is 6.30. The zero-order valence-electron chi connectivity index (χ0n) is 13.4. The maximum Gasteiger partial charge on any atom is 0.319 e. The number of ketones is 1. The van der Waals surface area contributed by atoms with Gasteiger partial charge in [-0.15, -0.1) is 0 Å². The number of nitrogens with one attached hydrogen (secondary N) is 2. The second-order valence-corrected chi connectivity index (χ2v) is 6.26. The van der Waals surface area contributed by atoms with Crippen LogP contribution in [-0.2, 0) is 0 Å². The zero-order valence-corrected chi connectivity index (χ0v) is 14.1. The summed E-state index contributed by atoms with van der Waals surface area (Å²) in [6, 6.07) is 13.7. The lowest BCUT2D eigenvalue weighted by Crippen LogP contribution is -2.45. The summed E-state index contributed by atoms with van der Waals surface area (Å²) >= 11 is 5.90. The van der Waals surface area contributed by atoms with Crippen molar-refractivity contribution in [3.8, 4) is 0 Å². The van der Waals surface area contributed by atoms with Crippen molar-refractivity contribution in [2.24, 2.45) is 0 Å². The number of allylic oxidation sites excluding steroid dienone is 1. The van der Waals surface area contributed by atoms with Crippen LogP contribution in [0.4, 0.5) is 4.79 Å². The van der Waals surface area contributed by atoms with Crippen molar-refractivity contribution in [3.05, 3.63) is 81.5 Å². The molecule has 5 heteroatoms. The van der Waals surface area contributed by atoms with Crippen molar-refractivity contribution in [3.63, 3.8) is 0 Å². The van der Waals surface area contributed by atoms with E-state index in [1.54, 1.807) is 31.2 Å². The van der Waals surface area contributed by atoms with Gasteiger partial charge < -0.3 is 10.6 Å². The van der Waals surface area contributed by atoms with Gasteiger partial charge in [0.1, 0.15) is 0 Å². The first-order chi connectivity index (χ1) is 11.5. The van der Waals surface area contributed by atoms with E-state index in [-0.39, 0.29) is 11.8 Å². The van der Waals surface area contributed by atoms with Crippen LogP contribution >= 0.6 is 11.6 Å². The summed E-state index contributed by atoms with van der Waals surface area (Å²) in [5.41, 5.74) is 3.56. The molecule has 3 rings (SSSR count). The van der Waals surface area contributed by atoms with Crippen LogP contribution in [0.1, 0.15) is 34.5 Å². The number of aryl methyl sites for hydroxylation is 1. The molecule has 2 N–H and O–H groups in total. The highest BCUT2D eigenvalue weighted by atomic mass is 35.5. The molecule has 0 saturated carbocycles. The number of Topliss-reactive ketones (excluding diaryl/α,β-unsaturated/α-hetero) is 1. The molecule has 0 fully saturated rings. The van der Waals surface area contributed by atoms with E-state index in [4.69, 9.17) is 11.6 Å². The molecule has 1 aliphatic rings. The Balaban J connectivity index is 2.06. The molecule has 0 spiro atoms. The second kappa shape index (κ2) is 6.49. The van der Waals surface area contributed by atoms with Gasteiger partial charge >= 0.3 is 6.03 Å². The highest BCUT2D eigenvalue weighted by Gasteiger charge is 2.31. The Morgan fingerprint density at radius 3 is 2.46 bits per heavy atom. The smallest absolute Gasteiger partial charge is 0.319 e. The van der Waals surface area contributed by atoms with E-state index in [1.807, 2.05) is 31.2 Å². The van der Waals surface area contributed by atoms with Crippen LogP contribution in [0.25, 0.3) is 0 Å². The molecule has 0 bridgehead atoms. The lowest BCUT2D eigenvalue weighted by atomic mass is 9.89. The number of amides is 2. The van der Waals surface area contributed by atoms with Crippen LogP contribution in [-0.4, -0.2) is 11.8 Å². The summed E-state index contributed by atoms with van der Waals surface area (Å²) in [5.74, 6) is -0.136. The van der Waals surface area contributed by atoms with Crippen molar-refractivity contribution < 1.29 is 9.59 Å². The van der Waals surface area contributed by atoms with Gasteiger partial charge in [0, 0.05) is 21.9 Å². The highest BCUT2D eigenvalue weighted by Crippen LogP contribution is 2.30. The van der Waals surface area contributed by atoms with Gasteiger partial charge in [-0.1, -0.05) is 41.4 Å². The third kappa shape index (κ3) is 3.19. The zero-order chi connectivity index (χ0) is 17.3. The van der Waals surface area contributed by atoms with Crippen LogP contribution in [0.2, 0.25) is 5.02 Å². The van der Waals surface area contributed by atoms with Crippen LogP contribution in [0.3, 0.4) is 0 Å². The number of halogens is 1. The molecule has 2 aromatic carbocycles. The van der Waals surface area contributed by atoms with E-state index in [2.05, 4.69) is 10.6 Å². The second-order valence-electron chi connectivity index (χ2n) is 5.82. The lowest BCUT2D eigenvalue weighted by Gasteiger charge is -2.29. The van der Waals surface area contributed by atoms with Crippen molar-refractivity contribution in [1.29, 1.82) is 0 Å². The third-order valence-corrected chi connectivity index (χ3v) is 4.25. The third-order valence-electron chi connectivity index (χ3n) is 4.00. The summed E-state index contributed by atoms with van der Waals surface area (Å²) in [6.07, 6.45) is 0. The predicted octanol–water partition coefficient (Wildman–Crippen LogP) is 4.16. The normalized spacial score (nSPS) is 17.3. The van der Waals surface area contributed by atoms with Gasteiger partial charge in [-0.05, 0) is 43.7 Å². The Bertz CT molecular complexity index is 841. The van der Waals surface area contributed by atoms with Gasteiger partial charge in [0.15, 0.2) is 5.78 Å². The molecule has 2 aromatic rings. The van der Waals surface area contributed by atoms with Crippen LogP contribution < -0.4 is 10.6 Å². The fourth-order valence-corrected chi connectivity index (χ4v) is 2.98. The first-order valence-corrected chi connectivity index (χ1v) is 7.98. The summed E-state index contributed by atoms with van der Waals surface area (Å²) in [6.45, 7) is 3.72. The molecule has 1 heterocycles. The van der Waals surface area contributed by atoms with Crippen LogP contribution in [0.15, 0.2) is 59.8 Å². The largest absolute Gasteiger partial charge is 0.327 e. The van der Waals surface area contributed by atoms with Crippen LogP contribution in [0.5, 0.6) is 0 Å². The Kier molecular flexibility index (Phi) is 4.40. The minimum atomic E-state index is -0.484. The van der Waals surface area contributed by atoms with Crippen molar-refractivity contribution in [2.45, 2.75) is 19.9 Å². The van der Waals surface area contributed by atoms with E-state index >= 15 is 0 Å². The molecule has 0 radical (unpaired) electrons. The Morgan fingerprint density at radius 1 is 1.08 bits per heavy atom. The Labute approximate surface area is 145 Å². The molecular formula is C19H17ClN2O2. The topological polar surface area (TPSA) is 58.2 Å². The summed E-state index contributed by atoms with van der Waals surface area (Å²) < 4.78 is 0. The summed E-state index contributed by atoms with van der Waals surface area (Å²) in [4.78, 5) is 24.9. The SMILES string of the molecule is CC1=C(C(=O)c2ccc(Cl)cc2)[C@H](c2cccc(C)c2)NC(=O)N1. The molecule has 0 aliphatic carbocycles. The molecule has 0 unspecified atom stereocenters. The summed E-state index contributed by atoms with van der Waals surface area (Å²) in [7, 11) is 0. The molecular weight excluding hydrogens is 324 g/mol. The molecule has 122 valence electrons. The minimum absolute atomic E-state index is 0.136. The maximum atomic E-state index is 13.0. The van der Waals surface area contributed by atoms with E-state index in [1.165, 1.54) is 0 Å². The predicted molar refractivity (Wildman–Crippen MR) is 94.1 cm³/mol. The van der Waals surface area contributed by atoms with Gasteiger partial charge in [-0.25, -0.2) is 4.79 Å². The molecule has 0 aromatic heterocycles. The number of benzene rings is 2. The van der Waals surface area contributed by atoms with Crippen LogP contribution in [0, 0.1) is 6.92 Å². The number of carbonyl (C=O) groups is 2. The number of carbonyl (C=O) groups excluding carboxylic acids is 2. The number of urea groups is 1. The minimum Gasteiger partial charge on any atom is -0.327 e. The quantitative estimate of drug-likeness (QED) is 0.824. The van der Waals surface area contributed by atoms with E-state index in [0.717, 1.165) is 11.1 Å².